The van der Waals surface area contributed by atoms with Gasteiger partial charge in [-0.25, -0.2) is 0 Å². The topological polar surface area (TPSA) is 62.2 Å². The van der Waals surface area contributed by atoms with Crippen molar-refractivity contribution < 1.29 is 9.90 Å². The van der Waals surface area contributed by atoms with Crippen molar-refractivity contribution in [1.29, 1.82) is 0 Å². The van der Waals surface area contributed by atoms with E-state index in [4.69, 9.17) is 0 Å². The third kappa shape index (κ3) is 6.48. The van der Waals surface area contributed by atoms with Crippen molar-refractivity contribution in [3.05, 3.63) is 30.1 Å². The summed E-state index contributed by atoms with van der Waals surface area (Å²) in [5.74, 6) is 2.22. The van der Waals surface area contributed by atoms with Gasteiger partial charge in [-0.1, -0.05) is 12.5 Å². The van der Waals surface area contributed by atoms with Crippen LogP contribution in [0.1, 0.15) is 37.8 Å². The number of carbonyl (C=O) groups is 1. The summed E-state index contributed by atoms with van der Waals surface area (Å²) >= 11 is 1.73. The minimum Gasteiger partial charge on any atom is -0.393 e. The van der Waals surface area contributed by atoms with Crippen molar-refractivity contribution in [1.82, 2.24) is 10.3 Å². The van der Waals surface area contributed by atoms with Crippen molar-refractivity contribution in [2.24, 2.45) is 5.92 Å². The van der Waals surface area contributed by atoms with Gasteiger partial charge in [-0.15, -0.1) is 0 Å². The lowest BCUT2D eigenvalue weighted by Gasteiger charge is -2.25. The maximum atomic E-state index is 11.8. The Morgan fingerprint density at radius 3 is 3.10 bits per heavy atom. The molecule has 1 saturated carbocycles. The van der Waals surface area contributed by atoms with E-state index in [2.05, 4.69) is 10.3 Å². The first-order valence-electron chi connectivity index (χ1n) is 7.66. The summed E-state index contributed by atoms with van der Waals surface area (Å²) in [5.41, 5.74) is 1.05. The number of aromatic nitrogens is 1. The van der Waals surface area contributed by atoms with Gasteiger partial charge in [0, 0.05) is 30.7 Å². The van der Waals surface area contributed by atoms with E-state index in [0.29, 0.717) is 18.9 Å². The quantitative estimate of drug-likeness (QED) is 0.759. The van der Waals surface area contributed by atoms with Crippen LogP contribution in [0.3, 0.4) is 0 Å². The molecular weight excluding hydrogens is 284 g/mol. The number of thioether (sulfide) groups is 1. The maximum absolute atomic E-state index is 11.8. The number of carbonyl (C=O) groups excluding carboxylic acids is 1. The van der Waals surface area contributed by atoms with Crippen LogP contribution < -0.4 is 5.32 Å². The van der Waals surface area contributed by atoms with Gasteiger partial charge in [-0.3, -0.25) is 9.78 Å². The van der Waals surface area contributed by atoms with Gasteiger partial charge in [0.05, 0.1) is 11.8 Å². The Balaban J connectivity index is 1.53. The molecule has 0 saturated heterocycles. The molecule has 2 N–H and O–H groups in total. The van der Waals surface area contributed by atoms with Crippen LogP contribution in [-0.2, 0) is 10.5 Å². The Hall–Kier alpha value is -1.07. The second-order valence-electron chi connectivity index (χ2n) is 5.61. The standard InChI is InChI=1S/C16H24N2O2S/c19-15-6-3-4-13(10-15)11-18-16(20)7-9-21-12-14-5-1-2-8-17-14/h1-2,5,8,13,15,19H,3-4,6-7,9-12H2,(H,18,20). The second kappa shape index (κ2) is 9.05. The van der Waals surface area contributed by atoms with E-state index in [-0.39, 0.29) is 12.0 Å². The van der Waals surface area contributed by atoms with Crippen molar-refractivity contribution >= 4 is 17.7 Å². The van der Waals surface area contributed by atoms with E-state index in [1.54, 1.807) is 18.0 Å². The molecule has 2 unspecified atom stereocenters. The number of pyridine rings is 1. The van der Waals surface area contributed by atoms with Crippen molar-refractivity contribution in [3.8, 4) is 0 Å². The van der Waals surface area contributed by atoms with E-state index in [0.717, 1.165) is 42.9 Å². The molecule has 1 amide bonds. The number of aliphatic hydroxyl groups excluding tert-OH is 1. The number of aliphatic hydroxyl groups is 1. The highest BCUT2D eigenvalue weighted by Gasteiger charge is 2.20. The fourth-order valence-electron chi connectivity index (χ4n) is 2.62. The number of hydrogen-bond donors (Lipinski definition) is 2. The summed E-state index contributed by atoms with van der Waals surface area (Å²) in [6.07, 6.45) is 6.10. The molecule has 1 aromatic rings. The second-order valence-corrected chi connectivity index (χ2v) is 6.72. The van der Waals surface area contributed by atoms with Gasteiger partial charge >= 0.3 is 0 Å². The van der Waals surface area contributed by atoms with Crippen molar-refractivity contribution in [3.63, 3.8) is 0 Å². The summed E-state index contributed by atoms with van der Waals surface area (Å²) in [5, 5.41) is 12.6. The molecular formula is C16H24N2O2S. The molecule has 5 heteroatoms. The number of amides is 1. The summed E-state index contributed by atoms with van der Waals surface area (Å²) < 4.78 is 0. The molecule has 1 heterocycles. The van der Waals surface area contributed by atoms with Crippen LogP contribution in [0.25, 0.3) is 0 Å². The average molecular weight is 308 g/mol. The van der Waals surface area contributed by atoms with Crippen LogP contribution >= 0.6 is 11.8 Å². The molecule has 0 aromatic carbocycles. The Morgan fingerprint density at radius 2 is 2.33 bits per heavy atom. The number of nitrogens with zero attached hydrogens (tertiary/aromatic N) is 1. The van der Waals surface area contributed by atoms with Gasteiger partial charge in [-0.05, 0) is 37.3 Å². The van der Waals surface area contributed by atoms with Crippen LogP contribution in [-0.4, -0.2) is 34.4 Å². The van der Waals surface area contributed by atoms with Gasteiger partial charge < -0.3 is 10.4 Å². The molecule has 2 atom stereocenters. The SMILES string of the molecule is O=C(CCSCc1ccccn1)NCC1CCCC(O)C1. The summed E-state index contributed by atoms with van der Waals surface area (Å²) in [6, 6.07) is 5.89. The molecule has 116 valence electrons. The molecule has 0 aliphatic heterocycles. The first-order valence-corrected chi connectivity index (χ1v) is 8.82. The van der Waals surface area contributed by atoms with Crippen LogP contribution in [0, 0.1) is 5.92 Å². The Labute approximate surface area is 130 Å². The van der Waals surface area contributed by atoms with E-state index < -0.39 is 0 Å². The van der Waals surface area contributed by atoms with Gasteiger partial charge in [0.2, 0.25) is 5.91 Å². The molecule has 1 aromatic heterocycles. The monoisotopic (exact) mass is 308 g/mol. The Bertz CT molecular complexity index is 428. The third-order valence-electron chi connectivity index (χ3n) is 3.79. The number of nitrogens with one attached hydrogen (secondary N) is 1. The molecule has 2 rings (SSSR count). The molecule has 0 bridgehead atoms. The molecule has 0 spiro atoms. The highest BCUT2D eigenvalue weighted by Crippen LogP contribution is 2.23. The lowest BCUT2D eigenvalue weighted by molar-refractivity contribution is -0.121. The first-order chi connectivity index (χ1) is 10.2. The normalized spacial score (nSPS) is 22.0. The highest BCUT2D eigenvalue weighted by atomic mass is 32.2. The molecule has 4 nitrogen and oxygen atoms in total. The van der Waals surface area contributed by atoms with Gasteiger partial charge in [-0.2, -0.15) is 11.8 Å². The molecule has 1 aliphatic carbocycles. The number of hydrogen-bond acceptors (Lipinski definition) is 4. The minimum absolute atomic E-state index is 0.114. The molecule has 21 heavy (non-hydrogen) atoms. The van der Waals surface area contributed by atoms with E-state index in [1.807, 2.05) is 18.2 Å². The zero-order valence-electron chi connectivity index (χ0n) is 12.3. The first kappa shape index (κ1) is 16.3. The van der Waals surface area contributed by atoms with E-state index in [1.165, 1.54) is 0 Å². The lowest BCUT2D eigenvalue weighted by atomic mass is 9.87. The zero-order chi connectivity index (χ0) is 14.9. The van der Waals surface area contributed by atoms with Crippen LogP contribution in [0.4, 0.5) is 0 Å². The van der Waals surface area contributed by atoms with Crippen molar-refractivity contribution in [2.45, 2.75) is 44.0 Å². The Kier molecular flexibility index (Phi) is 7.03. The summed E-state index contributed by atoms with van der Waals surface area (Å²) in [7, 11) is 0. The predicted molar refractivity (Wildman–Crippen MR) is 86.0 cm³/mol. The fourth-order valence-corrected chi connectivity index (χ4v) is 3.47. The largest absolute Gasteiger partial charge is 0.393 e. The fraction of sp³-hybridized carbons (Fsp3) is 0.625. The molecule has 1 fully saturated rings. The third-order valence-corrected chi connectivity index (χ3v) is 4.79. The van der Waals surface area contributed by atoms with Crippen LogP contribution in [0.15, 0.2) is 24.4 Å². The molecule has 0 radical (unpaired) electrons. The summed E-state index contributed by atoms with van der Waals surface area (Å²) in [6.45, 7) is 0.709. The Morgan fingerprint density at radius 1 is 1.43 bits per heavy atom. The van der Waals surface area contributed by atoms with E-state index >= 15 is 0 Å². The van der Waals surface area contributed by atoms with Crippen LogP contribution in [0.2, 0.25) is 0 Å². The van der Waals surface area contributed by atoms with Crippen LogP contribution in [0.5, 0.6) is 0 Å². The highest BCUT2D eigenvalue weighted by molar-refractivity contribution is 7.98. The minimum atomic E-state index is -0.172. The average Bonchev–Trinajstić information content (AvgIpc) is 2.51. The zero-order valence-corrected chi connectivity index (χ0v) is 13.1. The maximum Gasteiger partial charge on any atom is 0.220 e. The van der Waals surface area contributed by atoms with Crippen molar-refractivity contribution in [2.75, 3.05) is 12.3 Å². The smallest absolute Gasteiger partial charge is 0.220 e. The molecule has 1 aliphatic rings. The lowest BCUT2D eigenvalue weighted by Crippen LogP contribution is -2.33. The van der Waals surface area contributed by atoms with E-state index in [9.17, 15) is 9.90 Å². The number of rotatable bonds is 7. The van der Waals surface area contributed by atoms with Gasteiger partial charge in [0.25, 0.3) is 0 Å². The summed E-state index contributed by atoms with van der Waals surface area (Å²) in [4.78, 5) is 16.0. The van der Waals surface area contributed by atoms with Gasteiger partial charge in [0.1, 0.15) is 0 Å². The predicted octanol–water partition coefficient (Wildman–Crippen LogP) is 2.37. The van der Waals surface area contributed by atoms with Gasteiger partial charge in [0.15, 0.2) is 0 Å².